The molecule has 1 N–H and O–H groups in total. The van der Waals surface area contributed by atoms with E-state index in [4.69, 9.17) is 21.1 Å². The van der Waals surface area contributed by atoms with E-state index in [1.807, 2.05) is 30.3 Å². The zero-order valence-corrected chi connectivity index (χ0v) is 18.4. The van der Waals surface area contributed by atoms with Crippen LogP contribution in [0.4, 0.5) is 0 Å². The van der Waals surface area contributed by atoms with Crippen molar-refractivity contribution >= 4 is 24.0 Å². The Balaban J connectivity index is 0.00000300. The van der Waals surface area contributed by atoms with Gasteiger partial charge in [0.2, 0.25) is 0 Å². The predicted octanol–water partition coefficient (Wildman–Crippen LogP) is 5.99. The summed E-state index contributed by atoms with van der Waals surface area (Å²) in [5.74, 6) is 1.51. The van der Waals surface area contributed by atoms with Crippen LogP contribution in [0, 0.1) is 6.92 Å². The predicted molar refractivity (Wildman–Crippen MR) is 123 cm³/mol. The van der Waals surface area contributed by atoms with Crippen molar-refractivity contribution in [3.8, 4) is 11.5 Å². The summed E-state index contributed by atoms with van der Waals surface area (Å²) in [5.41, 5.74) is 4.81. The third kappa shape index (κ3) is 7.28. The first-order chi connectivity index (χ1) is 13.6. The second-order valence-electron chi connectivity index (χ2n) is 6.82. The van der Waals surface area contributed by atoms with Gasteiger partial charge in [-0.1, -0.05) is 59.6 Å². The smallest absolute Gasteiger partial charge is 0.161 e. The normalized spacial score (nSPS) is 10.3. The van der Waals surface area contributed by atoms with E-state index < -0.39 is 0 Å². The van der Waals surface area contributed by atoms with E-state index in [0.29, 0.717) is 6.61 Å². The fourth-order valence-electron chi connectivity index (χ4n) is 3.02. The zero-order chi connectivity index (χ0) is 19.8. The van der Waals surface area contributed by atoms with Crippen LogP contribution in [0.1, 0.15) is 22.3 Å². The maximum atomic E-state index is 5.96. The van der Waals surface area contributed by atoms with Gasteiger partial charge in [0.05, 0.1) is 7.11 Å². The average molecular weight is 432 g/mol. The molecule has 0 aromatic heterocycles. The minimum Gasteiger partial charge on any atom is -0.493 e. The van der Waals surface area contributed by atoms with Crippen molar-refractivity contribution in [2.24, 2.45) is 0 Å². The minimum absolute atomic E-state index is 0. The van der Waals surface area contributed by atoms with Crippen molar-refractivity contribution in [1.29, 1.82) is 0 Å². The number of methoxy groups -OCH3 is 1. The standard InChI is InChI=1S/C24H26ClNO2.ClH/c1-18-4-3-5-21(14-18)17-28-23-11-8-20(15-24(23)27-2)16-26-13-12-19-6-9-22(25)10-7-19;/h3-11,14-15,26H,12-13,16-17H2,1-2H3;1H. The Kier molecular flexibility index (Phi) is 9.33. The maximum absolute atomic E-state index is 5.96. The van der Waals surface area contributed by atoms with Crippen LogP contribution in [0.2, 0.25) is 5.02 Å². The summed E-state index contributed by atoms with van der Waals surface area (Å²) in [7, 11) is 1.67. The lowest BCUT2D eigenvalue weighted by molar-refractivity contribution is 0.284. The van der Waals surface area contributed by atoms with Crippen LogP contribution in [-0.4, -0.2) is 13.7 Å². The van der Waals surface area contributed by atoms with Crippen LogP contribution in [0.5, 0.6) is 11.5 Å². The molecular formula is C24H27Cl2NO2. The molecule has 0 heterocycles. The van der Waals surface area contributed by atoms with E-state index in [2.05, 4.69) is 48.6 Å². The molecule has 0 saturated carbocycles. The van der Waals surface area contributed by atoms with Crippen molar-refractivity contribution in [2.45, 2.75) is 26.5 Å². The van der Waals surface area contributed by atoms with Crippen LogP contribution < -0.4 is 14.8 Å². The van der Waals surface area contributed by atoms with E-state index in [-0.39, 0.29) is 12.4 Å². The molecule has 3 aromatic carbocycles. The van der Waals surface area contributed by atoms with Crippen molar-refractivity contribution < 1.29 is 9.47 Å². The van der Waals surface area contributed by atoms with Crippen molar-refractivity contribution in [3.63, 3.8) is 0 Å². The highest BCUT2D eigenvalue weighted by Crippen LogP contribution is 2.29. The first kappa shape index (κ1) is 23.1. The summed E-state index contributed by atoms with van der Waals surface area (Å²) in [6.45, 7) is 4.28. The van der Waals surface area contributed by atoms with E-state index in [9.17, 15) is 0 Å². The first-order valence-corrected chi connectivity index (χ1v) is 9.82. The lowest BCUT2D eigenvalue weighted by atomic mass is 10.1. The molecule has 0 unspecified atom stereocenters. The Bertz CT molecular complexity index is 898. The van der Waals surface area contributed by atoms with E-state index in [1.54, 1.807) is 7.11 Å². The fraction of sp³-hybridized carbons (Fsp3) is 0.250. The SMILES string of the molecule is COc1cc(CNCCc2ccc(Cl)cc2)ccc1OCc1cccc(C)c1.Cl. The molecule has 0 saturated heterocycles. The molecule has 0 atom stereocenters. The maximum Gasteiger partial charge on any atom is 0.161 e. The number of ether oxygens (including phenoxy) is 2. The molecular weight excluding hydrogens is 405 g/mol. The van der Waals surface area contributed by atoms with Gasteiger partial charge >= 0.3 is 0 Å². The second-order valence-corrected chi connectivity index (χ2v) is 7.25. The molecule has 0 radical (unpaired) electrons. The van der Waals surface area contributed by atoms with Gasteiger partial charge in [-0.15, -0.1) is 12.4 Å². The molecule has 0 spiro atoms. The molecule has 0 aliphatic heterocycles. The lowest BCUT2D eigenvalue weighted by Gasteiger charge is -2.13. The molecule has 5 heteroatoms. The molecule has 3 rings (SSSR count). The minimum atomic E-state index is 0. The Morgan fingerprint density at radius 3 is 2.34 bits per heavy atom. The van der Waals surface area contributed by atoms with E-state index >= 15 is 0 Å². The number of benzene rings is 3. The summed E-state index contributed by atoms with van der Waals surface area (Å²) in [5, 5.41) is 4.24. The van der Waals surface area contributed by atoms with Crippen molar-refractivity contribution in [2.75, 3.05) is 13.7 Å². The molecule has 3 aromatic rings. The van der Waals surface area contributed by atoms with Gasteiger partial charge in [-0.25, -0.2) is 0 Å². The van der Waals surface area contributed by atoms with Gasteiger partial charge in [0.1, 0.15) is 6.61 Å². The largest absolute Gasteiger partial charge is 0.493 e. The lowest BCUT2D eigenvalue weighted by Crippen LogP contribution is -2.16. The van der Waals surface area contributed by atoms with Crippen LogP contribution in [0.3, 0.4) is 0 Å². The van der Waals surface area contributed by atoms with Gasteiger partial charge in [0.15, 0.2) is 11.5 Å². The Labute approximate surface area is 184 Å². The highest BCUT2D eigenvalue weighted by atomic mass is 35.5. The van der Waals surface area contributed by atoms with Gasteiger partial charge < -0.3 is 14.8 Å². The quantitative estimate of drug-likeness (QED) is 0.422. The molecule has 3 nitrogen and oxygen atoms in total. The summed E-state index contributed by atoms with van der Waals surface area (Å²) < 4.78 is 11.5. The number of hydrogen-bond acceptors (Lipinski definition) is 3. The van der Waals surface area contributed by atoms with Gasteiger partial charge in [-0.3, -0.25) is 0 Å². The van der Waals surface area contributed by atoms with Gasteiger partial charge in [0, 0.05) is 11.6 Å². The highest BCUT2D eigenvalue weighted by Gasteiger charge is 2.06. The molecule has 0 fully saturated rings. The number of halogens is 2. The average Bonchev–Trinajstić information content (AvgIpc) is 2.71. The third-order valence-corrected chi connectivity index (χ3v) is 4.79. The number of nitrogens with one attached hydrogen (secondary N) is 1. The van der Waals surface area contributed by atoms with Gasteiger partial charge in [-0.05, 0) is 60.8 Å². The highest BCUT2D eigenvalue weighted by molar-refractivity contribution is 6.30. The molecule has 0 aliphatic rings. The van der Waals surface area contributed by atoms with Crippen LogP contribution in [-0.2, 0) is 19.6 Å². The van der Waals surface area contributed by atoms with Gasteiger partial charge in [-0.2, -0.15) is 0 Å². The van der Waals surface area contributed by atoms with Crippen molar-refractivity contribution in [1.82, 2.24) is 5.32 Å². The van der Waals surface area contributed by atoms with Crippen molar-refractivity contribution in [3.05, 3.63) is 94.0 Å². The second kappa shape index (κ2) is 11.7. The van der Waals surface area contributed by atoms with E-state index in [0.717, 1.165) is 47.2 Å². The monoisotopic (exact) mass is 431 g/mol. The summed E-state index contributed by atoms with van der Waals surface area (Å²) in [6, 6.07) is 22.4. The first-order valence-electron chi connectivity index (χ1n) is 9.44. The topological polar surface area (TPSA) is 30.5 Å². The number of aryl methyl sites for hydroxylation is 1. The Morgan fingerprint density at radius 2 is 1.62 bits per heavy atom. The number of rotatable bonds is 9. The molecule has 29 heavy (non-hydrogen) atoms. The summed E-state index contributed by atoms with van der Waals surface area (Å²) >= 11 is 5.92. The summed E-state index contributed by atoms with van der Waals surface area (Å²) in [6.07, 6.45) is 0.964. The Hall–Kier alpha value is -2.20. The zero-order valence-electron chi connectivity index (χ0n) is 16.8. The molecule has 0 amide bonds. The molecule has 0 bridgehead atoms. The molecule has 154 valence electrons. The van der Waals surface area contributed by atoms with E-state index in [1.165, 1.54) is 11.1 Å². The van der Waals surface area contributed by atoms with Gasteiger partial charge in [0.25, 0.3) is 0 Å². The third-order valence-electron chi connectivity index (χ3n) is 4.54. The Morgan fingerprint density at radius 1 is 0.862 bits per heavy atom. The number of hydrogen-bond donors (Lipinski definition) is 1. The van der Waals surface area contributed by atoms with Crippen LogP contribution >= 0.6 is 24.0 Å². The summed E-state index contributed by atoms with van der Waals surface area (Å²) in [4.78, 5) is 0. The van der Waals surface area contributed by atoms with Crippen LogP contribution in [0.15, 0.2) is 66.7 Å². The fourth-order valence-corrected chi connectivity index (χ4v) is 3.15. The van der Waals surface area contributed by atoms with Crippen LogP contribution in [0.25, 0.3) is 0 Å². The molecule has 0 aliphatic carbocycles.